The lowest BCUT2D eigenvalue weighted by molar-refractivity contribution is -0.131. The summed E-state index contributed by atoms with van der Waals surface area (Å²) in [4.78, 5) is 15.6. The van der Waals surface area contributed by atoms with Crippen LogP contribution in [0.15, 0.2) is 18.2 Å². The number of carbonyl (C=O) groups excluding carboxylic acids is 1. The van der Waals surface area contributed by atoms with Crippen molar-refractivity contribution in [3.05, 3.63) is 35.1 Å². The number of piperazine rings is 1. The maximum atomic E-state index is 13.2. The number of hydrogen-bond acceptors (Lipinski definition) is 3. The molecule has 1 amide bonds. The highest BCUT2D eigenvalue weighted by Gasteiger charge is 2.20. The van der Waals surface area contributed by atoms with Crippen LogP contribution in [-0.4, -0.2) is 41.9 Å². The molecule has 0 atom stereocenters. The molecule has 106 valence electrons. The van der Waals surface area contributed by atoms with Gasteiger partial charge in [-0.15, -0.1) is 0 Å². The fourth-order valence-corrected chi connectivity index (χ4v) is 2.40. The Hall–Kier alpha value is -1.93. The molecule has 1 heterocycles. The van der Waals surface area contributed by atoms with E-state index in [9.17, 15) is 9.18 Å². The fraction of sp³-hybridized carbons (Fsp3) is 0.467. The van der Waals surface area contributed by atoms with Crippen LogP contribution in [0.3, 0.4) is 0 Å². The Morgan fingerprint density at radius 3 is 2.65 bits per heavy atom. The van der Waals surface area contributed by atoms with E-state index in [1.54, 1.807) is 17.9 Å². The number of hydrogen-bond donors (Lipinski definition) is 0. The minimum atomic E-state index is -0.180. The van der Waals surface area contributed by atoms with Crippen molar-refractivity contribution >= 4 is 5.91 Å². The summed E-state index contributed by atoms with van der Waals surface area (Å²) in [5.41, 5.74) is 1.74. The van der Waals surface area contributed by atoms with Crippen molar-refractivity contribution < 1.29 is 9.18 Å². The molecule has 0 spiro atoms. The molecule has 0 aromatic heterocycles. The topological polar surface area (TPSA) is 47.3 Å². The third-order valence-corrected chi connectivity index (χ3v) is 3.58. The Balaban J connectivity index is 1.87. The van der Waals surface area contributed by atoms with Crippen molar-refractivity contribution in [2.75, 3.05) is 26.2 Å². The molecule has 0 bridgehead atoms. The summed E-state index contributed by atoms with van der Waals surface area (Å²) in [5, 5.41) is 8.52. The molecule has 20 heavy (non-hydrogen) atoms. The summed E-state index contributed by atoms with van der Waals surface area (Å²) in [6.45, 7) is 5.40. The van der Waals surface area contributed by atoms with Crippen LogP contribution in [0.25, 0.3) is 0 Å². The van der Waals surface area contributed by atoms with Gasteiger partial charge in [0.1, 0.15) is 12.2 Å². The van der Waals surface area contributed by atoms with E-state index in [1.807, 2.05) is 12.1 Å². The van der Waals surface area contributed by atoms with Crippen LogP contribution in [0, 0.1) is 24.1 Å². The second-order valence-corrected chi connectivity index (χ2v) is 5.08. The van der Waals surface area contributed by atoms with Gasteiger partial charge in [0.25, 0.3) is 0 Å². The summed E-state index contributed by atoms with van der Waals surface area (Å²) in [6, 6.07) is 7.05. The van der Waals surface area contributed by atoms with Gasteiger partial charge in [0, 0.05) is 32.7 Å². The van der Waals surface area contributed by atoms with Crippen molar-refractivity contribution in [3.8, 4) is 6.07 Å². The molecule has 5 heteroatoms. The first-order chi connectivity index (χ1) is 9.60. The molecule has 0 N–H and O–H groups in total. The van der Waals surface area contributed by atoms with Gasteiger partial charge in [0.05, 0.1) is 6.07 Å². The molecule has 1 fully saturated rings. The van der Waals surface area contributed by atoms with Gasteiger partial charge in [-0.25, -0.2) is 4.39 Å². The third kappa shape index (κ3) is 3.55. The lowest BCUT2D eigenvalue weighted by atomic mass is 10.1. The zero-order chi connectivity index (χ0) is 14.5. The zero-order valence-electron chi connectivity index (χ0n) is 11.6. The smallest absolute Gasteiger partial charge is 0.236 e. The molecule has 1 aromatic carbocycles. The minimum Gasteiger partial charge on any atom is -0.339 e. The molecule has 1 saturated heterocycles. The molecule has 2 rings (SSSR count). The fourth-order valence-electron chi connectivity index (χ4n) is 2.40. The first-order valence-electron chi connectivity index (χ1n) is 6.72. The van der Waals surface area contributed by atoms with E-state index in [0.29, 0.717) is 18.7 Å². The average molecular weight is 275 g/mol. The second kappa shape index (κ2) is 6.49. The van der Waals surface area contributed by atoms with Gasteiger partial charge >= 0.3 is 0 Å². The third-order valence-electron chi connectivity index (χ3n) is 3.58. The Morgan fingerprint density at radius 2 is 2.05 bits per heavy atom. The number of aryl methyl sites for hydroxylation is 1. The molecule has 4 nitrogen and oxygen atoms in total. The van der Waals surface area contributed by atoms with Crippen LogP contribution in [0.1, 0.15) is 17.5 Å². The largest absolute Gasteiger partial charge is 0.339 e. The quantitative estimate of drug-likeness (QED) is 0.843. The highest BCUT2D eigenvalue weighted by Crippen LogP contribution is 2.13. The number of rotatable bonds is 3. The molecular formula is C15H18FN3O. The summed E-state index contributed by atoms with van der Waals surface area (Å²) in [6.07, 6.45) is -0.0445. The van der Waals surface area contributed by atoms with E-state index in [-0.39, 0.29) is 18.1 Å². The first-order valence-corrected chi connectivity index (χ1v) is 6.72. The minimum absolute atomic E-state index is 0.0445. The molecule has 1 aromatic rings. The Labute approximate surface area is 118 Å². The van der Waals surface area contributed by atoms with Crippen LogP contribution in [-0.2, 0) is 11.3 Å². The number of nitrogens with zero attached hydrogens (tertiary/aromatic N) is 3. The standard InChI is InChI=1S/C15H18FN3O/c1-12-10-13(2-3-14(12)16)11-18-6-8-19(9-7-18)15(20)4-5-17/h2-3,10H,4,6-9,11H2,1H3. The molecule has 1 aliphatic heterocycles. The SMILES string of the molecule is Cc1cc(CN2CCN(C(=O)CC#N)CC2)ccc1F. The van der Waals surface area contributed by atoms with E-state index in [2.05, 4.69) is 4.90 Å². The summed E-state index contributed by atoms with van der Waals surface area (Å²) < 4.78 is 13.2. The van der Waals surface area contributed by atoms with Crippen LogP contribution in [0.2, 0.25) is 0 Å². The van der Waals surface area contributed by atoms with E-state index >= 15 is 0 Å². The van der Waals surface area contributed by atoms with E-state index < -0.39 is 0 Å². The summed E-state index contributed by atoms with van der Waals surface area (Å²) in [7, 11) is 0. The van der Waals surface area contributed by atoms with Gasteiger partial charge in [-0.05, 0) is 24.1 Å². The molecule has 1 aliphatic rings. The second-order valence-electron chi connectivity index (χ2n) is 5.08. The average Bonchev–Trinajstić information content (AvgIpc) is 2.44. The normalized spacial score (nSPS) is 15.9. The number of carbonyl (C=O) groups is 1. The molecule has 0 unspecified atom stereocenters. The van der Waals surface area contributed by atoms with E-state index in [0.717, 1.165) is 25.2 Å². The molecule has 0 saturated carbocycles. The van der Waals surface area contributed by atoms with Crippen molar-refractivity contribution in [2.45, 2.75) is 19.9 Å². The van der Waals surface area contributed by atoms with Gasteiger partial charge in [0.2, 0.25) is 5.91 Å². The van der Waals surface area contributed by atoms with E-state index in [1.165, 1.54) is 6.07 Å². The van der Waals surface area contributed by atoms with Crippen molar-refractivity contribution in [1.29, 1.82) is 5.26 Å². The van der Waals surface area contributed by atoms with Crippen molar-refractivity contribution in [2.24, 2.45) is 0 Å². The van der Waals surface area contributed by atoms with Crippen molar-refractivity contribution in [1.82, 2.24) is 9.80 Å². The summed E-state index contributed by atoms with van der Waals surface area (Å²) in [5.74, 6) is -0.273. The van der Waals surface area contributed by atoms with Gasteiger partial charge in [-0.3, -0.25) is 9.69 Å². The highest BCUT2D eigenvalue weighted by molar-refractivity contribution is 5.78. The van der Waals surface area contributed by atoms with Gasteiger partial charge in [-0.2, -0.15) is 5.26 Å². The maximum absolute atomic E-state index is 13.2. The molecule has 0 radical (unpaired) electrons. The molecule has 0 aliphatic carbocycles. The number of amides is 1. The highest BCUT2D eigenvalue weighted by atomic mass is 19.1. The van der Waals surface area contributed by atoms with Crippen LogP contribution >= 0.6 is 0 Å². The first kappa shape index (κ1) is 14.5. The number of halogens is 1. The Kier molecular flexibility index (Phi) is 4.70. The van der Waals surface area contributed by atoms with Gasteiger partial charge < -0.3 is 4.90 Å². The van der Waals surface area contributed by atoms with Gasteiger partial charge in [0.15, 0.2) is 0 Å². The van der Waals surface area contributed by atoms with Crippen LogP contribution < -0.4 is 0 Å². The number of benzene rings is 1. The van der Waals surface area contributed by atoms with Crippen LogP contribution in [0.5, 0.6) is 0 Å². The Bertz CT molecular complexity index is 530. The zero-order valence-corrected chi connectivity index (χ0v) is 11.6. The lowest BCUT2D eigenvalue weighted by Crippen LogP contribution is -2.48. The summed E-state index contributed by atoms with van der Waals surface area (Å²) >= 11 is 0. The van der Waals surface area contributed by atoms with Gasteiger partial charge in [-0.1, -0.05) is 12.1 Å². The predicted octanol–water partition coefficient (Wildman–Crippen LogP) is 1.69. The predicted molar refractivity (Wildman–Crippen MR) is 73.2 cm³/mol. The molecular weight excluding hydrogens is 257 g/mol. The Morgan fingerprint density at radius 1 is 1.35 bits per heavy atom. The monoisotopic (exact) mass is 275 g/mol. The lowest BCUT2D eigenvalue weighted by Gasteiger charge is -2.34. The van der Waals surface area contributed by atoms with Crippen LogP contribution in [0.4, 0.5) is 4.39 Å². The van der Waals surface area contributed by atoms with E-state index in [4.69, 9.17) is 5.26 Å². The maximum Gasteiger partial charge on any atom is 0.236 e. The van der Waals surface area contributed by atoms with Crippen molar-refractivity contribution in [3.63, 3.8) is 0 Å². The number of nitriles is 1.